The van der Waals surface area contributed by atoms with Gasteiger partial charge in [-0.3, -0.25) is 14.5 Å². The van der Waals surface area contributed by atoms with Crippen LogP contribution in [0.25, 0.3) is 16.5 Å². The summed E-state index contributed by atoms with van der Waals surface area (Å²) in [6.07, 6.45) is -4.88. The Morgan fingerprint density at radius 2 is 1.55 bits per heavy atom. The van der Waals surface area contributed by atoms with E-state index < -0.39 is 29.8 Å². The maximum absolute atomic E-state index is 13.3. The van der Waals surface area contributed by atoms with Gasteiger partial charge in [0, 0.05) is 11.3 Å². The van der Waals surface area contributed by atoms with E-state index in [9.17, 15) is 27.9 Å². The van der Waals surface area contributed by atoms with Crippen LogP contribution in [0.2, 0.25) is 0 Å². The average molecular weight is 519 g/mol. The first kappa shape index (κ1) is 24.9. The Morgan fingerprint density at radius 3 is 2.24 bits per heavy atom. The van der Waals surface area contributed by atoms with E-state index in [1.807, 2.05) is 24.3 Å². The van der Waals surface area contributed by atoms with E-state index in [-0.39, 0.29) is 17.0 Å². The normalized spacial score (nSPS) is 17.2. The third kappa shape index (κ3) is 4.66. The Labute approximate surface area is 215 Å². The second-order valence-electron chi connectivity index (χ2n) is 8.55. The van der Waals surface area contributed by atoms with Gasteiger partial charge in [0.25, 0.3) is 11.7 Å². The monoisotopic (exact) mass is 519 g/mol. The molecule has 1 amide bonds. The maximum Gasteiger partial charge on any atom is 0.573 e. The second kappa shape index (κ2) is 9.59. The number of ketones is 1. The number of alkyl halides is 3. The SMILES string of the molecule is COc1cccc(C2/C(=C(/O)c3ccc4ccccc4c3)C(=O)C(=O)N2c2ccc(OC(F)(F)F)cc2)c1. The van der Waals surface area contributed by atoms with Gasteiger partial charge in [-0.2, -0.15) is 0 Å². The number of rotatable bonds is 5. The number of benzene rings is 4. The predicted octanol–water partition coefficient (Wildman–Crippen LogP) is 6.37. The van der Waals surface area contributed by atoms with Crippen LogP contribution in [-0.2, 0) is 9.59 Å². The first-order chi connectivity index (χ1) is 18.2. The summed E-state index contributed by atoms with van der Waals surface area (Å²) >= 11 is 0. The van der Waals surface area contributed by atoms with Crippen LogP contribution in [0.15, 0.2) is 96.6 Å². The fraction of sp³-hybridized carbons (Fsp3) is 0.103. The van der Waals surface area contributed by atoms with Gasteiger partial charge in [-0.05, 0) is 58.8 Å². The fourth-order valence-corrected chi connectivity index (χ4v) is 4.53. The highest BCUT2D eigenvalue weighted by atomic mass is 19.4. The van der Waals surface area contributed by atoms with Crippen molar-refractivity contribution in [3.8, 4) is 11.5 Å². The smallest absolute Gasteiger partial charge is 0.507 e. The molecule has 38 heavy (non-hydrogen) atoms. The largest absolute Gasteiger partial charge is 0.573 e. The van der Waals surface area contributed by atoms with Gasteiger partial charge in [0.2, 0.25) is 0 Å². The van der Waals surface area contributed by atoms with E-state index in [1.54, 1.807) is 42.5 Å². The lowest BCUT2D eigenvalue weighted by molar-refractivity contribution is -0.274. The number of ether oxygens (including phenoxy) is 2. The molecule has 1 fully saturated rings. The van der Waals surface area contributed by atoms with Crippen LogP contribution < -0.4 is 14.4 Å². The van der Waals surface area contributed by atoms with Crippen molar-refractivity contribution in [3.63, 3.8) is 0 Å². The van der Waals surface area contributed by atoms with Crippen molar-refractivity contribution < 1.29 is 37.3 Å². The van der Waals surface area contributed by atoms with Crippen molar-refractivity contribution in [2.24, 2.45) is 0 Å². The number of hydrogen-bond donors (Lipinski definition) is 1. The minimum atomic E-state index is -4.88. The van der Waals surface area contributed by atoms with Gasteiger partial charge in [-0.15, -0.1) is 13.2 Å². The number of aliphatic hydroxyl groups excluding tert-OH is 1. The number of fused-ring (bicyclic) bond motifs is 1. The Hall–Kier alpha value is -4.79. The highest BCUT2D eigenvalue weighted by molar-refractivity contribution is 6.51. The summed E-state index contributed by atoms with van der Waals surface area (Å²) in [6.45, 7) is 0. The van der Waals surface area contributed by atoms with Crippen molar-refractivity contribution in [1.82, 2.24) is 0 Å². The van der Waals surface area contributed by atoms with Gasteiger partial charge in [0.1, 0.15) is 17.3 Å². The summed E-state index contributed by atoms with van der Waals surface area (Å²) in [5.41, 5.74) is 0.784. The molecule has 0 aliphatic carbocycles. The summed E-state index contributed by atoms with van der Waals surface area (Å²) in [5.74, 6) is -2.27. The van der Waals surface area contributed by atoms with Crippen LogP contribution in [0.4, 0.5) is 18.9 Å². The number of halogens is 3. The first-order valence-electron chi connectivity index (χ1n) is 11.5. The molecule has 192 valence electrons. The van der Waals surface area contributed by atoms with Gasteiger partial charge in [0.05, 0.1) is 18.7 Å². The summed E-state index contributed by atoms with van der Waals surface area (Å²) in [7, 11) is 1.46. The molecule has 0 saturated carbocycles. The number of Topliss-reactive ketones (excluding diaryl/α,β-unsaturated/α-hetero) is 1. The molecule has 9 heteroatoms. The summed E-state index contributed by atoms with van der Waals surface area (Å²) in [4.78, 5) is 27.8. The molecule has 1 aliphatic rings. The van der Waals surface area contributed by atoms with Crippen LogP contribution >= 0.6 is 0 Å². The molecule has 0 bridgehead atoms. The predicted molar refractivity (Wildman–Crippen MR) is 135 cm³/mol. The van der Waals surface area contributed by atoms with Crippen LogP contribution in [-0.4, -0.2) is 30.3 Å². The van der Waals surface area contributed by atoms with E-state index in [4.69, 9.17) is 4.74 Å². The molecule has 4 aromatic rings. The van der Waals surface area contributed by atoms with Gasteiger partial charge >= 0.3 is 6.36 Å². The quantitative estimate of drug-likeness (QED) is 0.188. The molecule has 0 radical (unpaired) electrons. The van der Waals surface area contributed by atoms with Crippen molar-refractivity contribution in [2.75, 3.05) is 12.0 Å². The van der Waals surface area contributed by atoms with Crippen molar-refractivity contribution in [1.29, 1.82) is 0 Å². The topological polar surface area (TPSA) is 76.1 Å². The zero-order chi connectivity index (χ0) is 27.0. The van der Waals surface area contributed by atoms with E-state index in [0.717, 1.165) is 27.8 Å². The van der Waals surface area contributed by atoms with Gasteiger partial charge in [0.15, 0.2) is 0 Å². The van der Waals surface area contributed by atoms with Crippen LogP contribution in [0.3, 0.4) is 0 Å². The summed E-state index contributed by atoms with van der Waals surface area (Å²) in [5, 5.41) is 13.1. The third-order valence-electron chi connectivity index (χ3n) is 6.23. The molecule has 0 aromatic heterocycles. The zero-order valence-electron chi connectivity index (χ0n) is 19.9. The highest BCUT2D eigenvalue weighted by Crippen LogP contribution is 2.43. The molecule has 1 aliphatic heterocycles. The fourth-order valence-electron chi connectivity index (χ4n) is 4.53. The molecule has 1 saturated heterocycles. The molecule has 6 nitrogen and oxygen atoms in total. The molecule has 1 atom stereocenters. The van der Waals surface area contributed by atoms with E-state index in [1.165, 1.54) is 19.2 Å². The van der Waals surface area contributed by atoms with Gasteiger partial charge in [-0.25, -0.2) is 0 Å². The number of aliphatic hydroxyl groups is 1. The summed E-state index contributed by atoms with van der Waals surface area (Å²) < 4.78 is 47.1. The highest BCUT2D eigenvalue weighted by Gasteiger charge is 2.47. The lowest BCUT2D eigenvalue weighted by atomic mass is 9.94. The third-order valence-corrected chi connectivity index (χ3v) is 6.23. The minimum absolute atomic E-state index is 0.145. The molecule has 4 aromatic carbocycles. The van der Waals surface area contributed by atoms with Crippen molar-refractivity contribution in [2.45, 2.75) is 12.4 Å². The number of carbonyl (C=O) groups excluding carboxylic acids is 2. The maximum atomic E-state index is 13.3. The second-order valence-corrected chi connectivity index (χ2v) is 8.55. The van der Waals surface area contributed by atoms with Gasteiger partial charge < -0.3 is 14.6 Å². The van der Waals surface area contributed by atoms with Crippen molar-refractivity contribution >= 4 is 33.9 Å². The van der Waals surface area contributed by atoms with E-state index in [2.05, 4.69) is 4.74 Å². The molecule has 0 spiro atoms. The molecule has 1 unspecified atom stereocenters. The molecule has 1 heterocycles. The number of carbonyl (C=O) groups is 2. The van der Waals surface area contributed by atoms with E-state index in [0.29, 0.717) is 16.9 Å². The van der Waals surface area contributed by atoms with Gasteiger partial charge in [-0.1, -0.05) is 48.5 Å². The Bertz CT molecular complexity index is 1580. The molecular weight excluding hydrogens is 499 g/mol. The minimum Gasteiger partial charge on any atom is -0.507 e. The van der Waals surface area contributed by atoms with Crippen LogP contribution in [0.1, 0.15) is 17.2 Å². The lowest BCUT2D eigenvalue weighted by Gasteiger charge is -2.26. The van der Waals surface area contributed by atoms with E-state index >= 15 is 0 Å². The average Bonchev–Trinajstić information content (AvgIpc) is 3.17. The molecule has 5 rings (SSSR count). The number of hydrogen-bond acceptors (Lipinski definition) is 5. The van der Waals surface area contributed by atoms with Crippen molar-refractivity contribution in [3.05, 3.63) is 108 Å². The number of anilines is 1. The standard InChI is InChI=1S/C29H20F3NO5/c1-37-23-8-4-7-19(16-23)25-24(26(34)20-10-9-17-5-2-3-6-18(17)15-20)27(35)28(36)33(25)21-11-13-22(14-12-21)38-29(30,31)32/h2-16,25,34H,1H3/b26-24-. The number of methoxy groups -OCH3 is 1. The summed E-state index contributed by atoms with van der Waals surface area (Å²) in [6, 6.07) is 22.8. The molecular formula is C29H20F3NO5. The first-order valence-corrected chi connectivity index (χ1v) is 11.5. The Kier molecular flexibility index (Phi) is 6.28. The number of amides is 1. The number of nitrogens with zero attached hydrogens (tertiary/aromatic N) is 1. The van der Waals surface area contributed by atoms with Crippen LogP contribution in [0.5, 0.6) is 11.5 Å². The zero-order valence-corrected chi connectivity index (χ0v) is 19.9. The Balaban J connectivity index is 1.66. The Morgan fingerprint density at radius 1 is 0.842 bits per heavy atom. The molecule has 1 N–H and O–H groups in total. The van der Waals surface area contributed by atoms with Crippen LogP contribution in [0, 0.1) is 0 Å². The lowest BCUT2D eigenvalue weighted by Crippen LogP contribution is -2.29.